The Kier molecular flexibility index (Phi) is 20.8. The quantitative estimate of drug-likeness (QED) is 0.0210. The van der Waals surface area contributed by atoms with Crippen LogP contribution < -0.4 is 0 Å². The number of Topliss-reactive ketones (excluding diaryl/α,β-unsaturated/α-hetero) is 2. The van der Waals surface area contributed by atoms with Crippen LogP contribution in [0.3, 0.4) is 0 Å². The van der Waals surface area contributed by atoms with Crippen LogP contribution in [0.1, 0.15) is 246 Å². The van der Waals surface area contributed by atoms with Crippen LogP contribution in [0.4, 0.5) is 0 Å². The van der Waals surface area contributed by atoms with E-state index >= 15 is 0 Å². The molecule has 82 heavy (non-hydrogen) atoms. The van der Waals surface area contributed by atoms with Gasteiger partial charge in [0.2, 0.25) is 0 Å². The molecule has 0 fully saturated rings. The highest BCUT2D eigenvalue weighted by atomic mass is 32.1. The third-order valence-corrected chi connectivity index (χ3v) is 19.5. The number of nitrogens with zero attached hydrogens (tertiary/aromatic N) is 4. The van der Waals surface area contributed by atoms with Crippen LogP contribution in [0.5, 0.6) is 0 Å². The normalized spacial score (nSPS) is 16.9. The van der Waals surface area contributed by atoms with Crippen molar-refractivity contribution in [2.75, 3.05) is 0 Å². The van der Waals surface area contributed by atoms with Gasteiger partial charge in [-0.3, -0.25) is 9.59 Å². The number of benzene rings is 3. The van der Waals surface area contributed by atoms with Crippen molar-refractivity contribution in [3.05, 3.63) is 173 Å². The number of rotatable bonds is 28. The molecule has 5 aromatic rings. The first-order valence-electron chi connectivity index (χ1n) is 30.9. The first-order valence-corrected chi connectivity index (χ1v) is 32.6. The van der Waals surface area contributed by atoms with Gasteiger partial charge in [0.05, 0.1) is 12.6 Å². The van der Waals surface area contributed by atoms with Crippen molar-refractivity contribution < 1.29 is 9.59 Å². The molecule has 0 saturated carbocycles. The van der Waals surface area contributed by atoms with Gasteiger partial charge in [0.25, 0.3) is 5.70 Å². The number of thiophene rings is 2. The maximum atomic E-state index is 14.3. The number of hydrogen-bond donors (Lipinski definition) is 0. The molecular formula is C74H78N4O2S2. The van der Waals surface area contributed by atoms with Gasteiger partial charge in [0.15, 0.2) is 11.6 Å². The molecular weight excluding hydrogens is 1040 g/mol. The third kappa shape index (κ3) is 12.9. The predicted octanol–water partition coefficient (Wildman–Crippen LogP) is 21.8. The van der Waals surface area contributed by atoms with Gasteiger partial charge >= 0.3 is 0 Å². The lowest BCUT2D eigenvalue weighted by molar-refractivity contribution is 0.103. The highest BCUT2D eigenvalue weighted by Crippen LogP contribution is 2.57. The van der Waals surface area contributed by atoms with Gasteiger partial charge in [-0.25, -0.2) is 10.1 Å². The minimum atomic E-state index is -0.172. The molecule has 3 aromatic carbocycles. The van der Waals surface area contributed by atoms with E-state index in [1.54, 1.807) is 34.8 Å². The van der Waals surface area contributed by atoms with Gasteiger partial charge in [-0.1, -0.05) is 217 Å². The van der Waals surface area contributed by atoms with Gasteiger partial charge in [0.1, 0.15) is 17.7 Å². The molecule has 418 valence electrons. The highest BCUT2D eigenvalue weighted by Gasteiger charge is 2.37. The molecule has 0 saturated heterocycles. The number of unbranched alkanes of at least 4 members (excludes halogenated alkanes) is 16. The number of hydrogen-bond acceptors (Lipinski definition) is 7. The Labute approximate surface area is 496 Å². The average molecular weight is 1120 g/mol. The van der Waals surface area contributed by atoms with Crippen molar-refractivity contribution in [2.45, 2.75) is 182 Å². The van der Waals surface area contributed by atoms with Crippen LogP contribution in [0, 0.1) is 52.4 Å². The SMILES string of the molecule is [C-]#[N+]/C(C#N)=C1/C(=C/c2cc3c(s2)-c2cc4c(cc2/C3=C\C(CCCCCC)CCCCCCCC)-c2sc(/C=C3\C(=O)c5ccccc5C3=C(C#N)C#N)cc2/C4=C/C(CCCCCC)CCCCCCCC)C(=O)c2ccccc21. The molecule has 2 unspecified atom stereocenters. The minimum absolute atomic E-state index is 0.0609. The zero-order valence-corrected chi connectivity index (χ0v) is 50.4. The Morgan fingerprint density at radius 2 is 0.817 bits per heavy atom. The number of ketones is 2. The highest BCUT2D eigenvalue weighted by molar-refractivity contribution is 7.17. The van der Waals surface area contributed by atoms with Crippen molar-refractivity contribution in [3.8, 4) is 39.1 Å². The molecule has 4 aliphatic rings. The second-order valence-electron chi connectivity index (χ2n) is 23.0. The Morgan fingerprint density at radius 3 is 1.21 bits per heavy atom. The van der Waals surface area contributed by atoms with Gasteiger partial charge in [-0.2, -0.15) is 10.5 Å². The first kappa shape index (κ1) is 59.4. The fraction of sp³-hybridized carbons (Fsp3) is 0.405. The summed E-state index contributed by atoms with van der Waals surface area (Å²) in [5.41, 5.74) is 13.4. The average Bonchev–Trinajstić information content (AvgIpc) is 4.04. The summed E-state index contributed by atoms with van der Waals surface area (Å²) in [6.45, 7) is 17.1. The minimum Gasteiger partial charge on any atom is -0.289 e. The lowest BCUT2D eigenvalue weighted by atomic mass is 9.88. The molecule has 0 bridgehead atoms. The van der Waals surface area contributed by atoms with Crippen LogP contribution in [-0.4, -0.2) is 11.6 Å². The number of nitriles is 3. The predicted molar refractivity (Wildman–Crippen MR) is 342 cm³/mol. The van der Waals surface area contributed by atoms with Crippen LogP contribution >= 0.6 is 22.7 Å². The zero-order chi connectivity index (χ0) is 57.5. The van der Waals surface area contributed by atoms with Crippen LogP contribution in [0.15, 0.2) is 107 Å². The lowest BCUT2D eigenvalue weighted by Gasteiger charge is -2.17. The molecule has 0 spiro atoms. The summed E-state index contributed by atoms with van der Waals surface area (Å²) in [4.78, 5) is 36.4. The summed E-state index contributed by atoms with van der Waals surface area (Å²) < 4.78 is 0. The molecule has 9 rings (SSSR count). The van der Waals surface area contributed by atoms with Gasteiger partial charge in [-0.15, -0.1) is 22.7 Å². The molecule has 4 aliphatic carbocycles. The molecule has 6 nitrogen and oxygen atoms in total. The van der Waals surface area contributed by atoms with Gasteiger partial charge in [0, 0.05) is 75.2 Å². The van der Waals surface area contributed by atoms with E-state index < -0.39 is 0 Å². The molecule has 0 radical (unpaired) electrons. The van der Waals surface area contributed by atoms with Gasteiger partial charge < -0.3 is 0 Å². The van der Waals surface area contributed by atoms with Crippen molar-refractivity contribution >= 4 is 68.7 Å². The smallest absolute Gasteiger partial charge is 0.270 e. The third-order valence-electron chi connectivity index (χ3n) is 17.2. The topological polar surface area (TPSA) is 110 Å². The monoisotopic (exact) mass is 1120 g/mol. The van der Waals surface area contributed by atoms with E-state index in [4.69, 9.17) is 6.57 Å². The van der Waals surface area contributed by atoms with Crippen LogP contribution in [0.25, 0.3) is 60.2 Å². The summed E-state index contributed by atoms with van der Waals surface area (Å²) in [6.07, 6.45) is 38.2. The van der Waals surface area contributed by atoms with Crippen LogP contribution in [-0.2, 0) is 0 Å². The van der Waals surface area contributed by atoms with E-state index in [2.05, 4.69) is 87.2 Å². The van der Waals surface area contributed by atoms with Crippen molar-refractivity contribution in [3.63, 3.8) is 0 Å². The van der Waals surface area contributed by atoms with Crippen LogP contribution in [0.2, 0.25) is 0 Å². The second-order valence-corrected chi connectivity index (χ2v) is 25.2. The number of fused-ring (bicyclic) bond motifs is 8. The number of allylic oxidation sites excluding steroid dienone is 8. The van der Waals surface area contributed by atoms with E-state index in [0.717, 1.165) is 41.0 Å². The van der Waals surface area contributed by atoms with Crippen molar-refractivity contribution in [2.24, 2.45) is 11.8 Å². The van der Waals surface area contributed by atoms with E-state index in [9.17, 15) is 25.4 Å². The fourth-order valence-electron chi connectivity index (χ4n) is 12.9. The van der Waals surface area contributed by atoms with E-state index in [0.29, 0.717) is 56.4 Å². The number of carbonyl (C=O) groups excluding carboxylic acids is 2. The Bertz CT molecular complexity index is 3320. The summed E-state index contributed by atoms with van der Waals surface area (Å²) in [5.74, 6) is 0.426. The molecule has 2 aromatic heterocycles. The summed E-state index contributed by atoms with van der Waals surface area (Å²) >= 11 is 3.37. The number of carbonyl (C=O) groups is 2. The van der Waals surface area contributed by atoms with Crippen molar-refractivity contribution in [1.82, 2.24) is 0 Å². The van der Waals surface area contributed by atoms with Crippen molar-refractivity contribution in [1.29, 1.82) is 15.8 Å². The molecule has 0 aliphatic heterocycles. The fourth-order valence-corrected chi connectivity index (χ4v) is 15.2. The van der Waals surface area contributed by atoms with Gasteiger partial charge in [-0.05, 0) is 107 Å². The lowest BCUT2D eigenvalue weighted by Crippen LogP contribution is -2.00. The maximum absolute atomic E-state index is 14.3. The Balaban J connectivity index is 1.22. The zero-order valence-electron chi connectivity index (χ0n) is 48.8. The summed E-state index contributed by atoms with van der Waals surface area (Å²) in [7, 11) is 0. The molecule has 2 atom stereocenters. The largest absolute Gasteiger partial charge is 0.289 e. The van der Waals surface area contributed by atoms with E-state index in [-0.39, 0.29) is 22.8 Å². The second kappa shape index (κ2) is 28.7. The molecule has 0 N–H and O–H groups in total. The summed E-state index contributed by atoms with van der Waals surface area (Å²) in [6, 6.07) is 30.4. The summed E-state index contributed by atoms with van der Waals surface area (Å²) in [5, 5.41) is 30.7. The Hall–Kier alpha value is -7.20. The standard InChI is InChI=1S/C74H78N4O2S2/c1-6-10-14-18-20-24-32-49(30-22-16-12-8-3)38-58-60-45-65-61(44-64(60)73-62(58)40-52(81-73)42-66-69(51(46-75)47-76)54-34-26-28-36-56(54)71(66)79)59(39-50(31-23-17-13-9-4)33-25-21-19-15-11-7-2)63-41-53(82-74(63)65)43-67-70(68(48-77)78-5)55-35-27-29-37-57(55)72(67)80/h26-29,34-45,49-50H,6-25,30-33H2,1-4H3/b58-38+,59-39+,66-42-,67-43-,70-68+. The van der Waals surface area contributed by atoms with E-state index in [1.807, 2.05) is 48.6 Å². The molecule has 2 heterocycles. The maximum Gasteiger partial charge on any atom is 0.270 e. The first-order chi connectivity index (χ1) is 40.2. The Morgan fingerprint density at radius 1 is 0.451 bits per heavy atom. The molecule has 8 heteroatoms. The molecule has 0 amide bonds. The van der Waals surface area contributed by atoms with E-state index in [1.165, 1.54) is 177 Å².